The highest BCUT2D eigenvalue weighted by molar-refractivity contribution is 7.13. The van der Waals surface area contributed by atoms with E-state index in [0.717, 1.165) is 0 Å². The van der Waals surface area contributed by atoms with Gasteiger partial charge in [0.25, 0.3) is 5.91 Å². The van der Waals surface area contributed by atoms with Gasteiger partial charge < -0.3 is 25.3 Å². The van der Waals surface area contributed by atoms with Crippen LogP contribution in [0.1, 0.15) is 24.1 Å². The molecule has 2 atom stereocenters. The molecule has 22 heavy (non-hydrogen) atoms. The third kappa shape index (κ3) is 4.06. The van der Waals surface area contributed by atoms with Crippen LogP contribution >= 0.6 is 11.3 Å². The normalized spacial score (nSPS) is 22.4. The highest BCUT2D eigenvalue weighted by atomic mass is 32.1. The standard InChI is InChI=1S/C12H15BN2O6S/c16-10(17)6-7-3-4-9(13(19)21-7)14-12(18)11(15-20)8-2-1-5-22-8/h1-2,5,7,9,19-20H,3-4,6H2,(H,14,18)(H,16,17)/b15-11+. The smallest absolute Gasteiger partial charge is 0.478 e. The number of thiophene rings is 1. The summed E-state index contributed by atoms with van der Waals surface area (Å²) in [6.07, 6.45) is -0.00710. The maximum atomic E-state index is 12.1. The van der Waals surface area contributed by atoms with Crippen LogP contribution in [0.25, 0.3) is 0 Å². The summed E-state index contributed by atoms with van der Waals surface area (Å²) >= 11 is 1.24. The van der Waals surface area contributed by atoms with Gasteiger partial charge in [-0.25, -0.2) is 0 Å². The molecule has 8 nitrogen and oxygen atoms in total. The summed E-state index contributed by atoms with van der Waals surface area (Å²) in [5.74, 6) is -2.32. The van der Waals surface area contributed by atoms with Crippen molar-refractivity contribution >= 4 is 36.0 Å². The molecule has 118 valence electrons. The van der Waals surface area contributed by atoms with Gasteiger partial charge in [-0.1, -0.05) is 11.2 Å². The van der Waals surface area contributed by atoms with E-state index in [2.05, 4.69) is 10.5 Å². The molecule has 2 unspecified atom stereocenters. The molecule has 0 bridgehead atoms. The van der Waals surface area contributed by atoms with Crippen LogP contribution in [0, 0.1) is 0 Å². The molecule has 0 aliphatic carbocycles. The predicted molar refractivity (Wildman–Crippen MR) is 78.9 cm³/mol. The molecule has 1 aromatic rings. The van der Waals surface area contributed by atoms with Gasteiger partial charge in [-0.15, -0.1) is 11.3 Å². The number of hydrogen-bond acceptors (Lipinski definition) is 7. The van der Waals surface area contributed by atoms with Crippen LogP contribution in [-0.4, -0.2) is 52.1 Å². The molecule has 0 spiro atoms. The fourth-order valence-corrected chi connectivity index (χ4v) is 2.92. The summed E-state index contributed by atoms with van der Waals surface area (Å²) in [5, 5.41) is 34.8. The van der Waals surface area contributed by atoms with E-state index in [4.69, 9.17) is 15.0 Å². The zero-order valence-corrected chi connectivity index (χ0v) is 12.3. The third-order valence-corrected chi connectivity index (χ3v) is 4.14. The van der Waals surface area contributed by atoms with Crippen LogP contribution in [0.2, 0.25) is 0 Å². The molecule has 0 radical (unpaired) electrons. The zero-order valence-electron chi connectivity index (χ0n) is 11.5. The lowest BCUT2D eigenvalue weighted by Gasteiger charge is -2.30. The van der Waals surface area contributed by atoms with E-state index < -0.39 is 31.0 Å². The first-order valence-corrected chi connectivity index (χ1v) is 7.51. The molecule has 1 fully saturated rings. The summed E-state index contributed by atoms with van der Waals surface area (Å²) in [6, 6.07) is 3.35. The fraction of sp³-hybridized carbons (Fsp3) is 0.417. The number of hydrogen-bond donors (Lipinski definition) is 4. The van der Waals surface area contributed by atoms with Crippen molar-refractivity contribution in [2.45, 2.75) is 31.3 Å². The second-order valence-corrected chi connectivity index (χ2v) is 5.78. The Morgan fingerprint density at radius 1 is 1.50 bits per heavy atom. The van der Waals surface area contributed by atoms with Crippen molar-refractivity contribution < 1.29 is 29.6 Å². The van der Waals surface area contributed by atoms with Gasteiger partial charge in [0.05, 0.1) is 23.3 Å². The quantitative estimate of drug-likeness (QED) is 0.263. The van der Waals surface area contributed by atoms with E-state index in [9.17, 15) is 14.6 Å². The van der Waals surface area contributed by atoms with Crippen LogP contribution in [0.4, 0.5) is 0 Å². The molecule has 2 rings (SSSR count). The van der Waals surface area contributed by atoms with E-state index in [-0.39, 0.29) is 12.1 Å². The Labute approximate surface area is 130 Å². The molecular weight excluding hydrogens is 311 g/mol. The largest absolute Gasteiger partial charge is 0.481 e. The second-order valence-electron chi connectivity index (χ2n) is 4.83. The summed E-state index contributed by atoms with van der Waals surface area (Å²) in [6.45, 7) is 0. The van der Waals surface area contributed by atoms with E-state index in [1.165, 1.54) is 11.3 Å². The monoisotopic (exact) mass is 326 g/mol. The number of carbonyl (C=O) groups is 2. The number of rotatable bonds is 5. The Hall–Kier alpha value is -1.91. The van der Waals surface area contributed by atoms with Crippen molar-refractivity contribution in [1.82, 2.24) is 5.32 Å². The Kier molecular flexibility index (Phi) is 5.53. The number of carbonyl (C=O) groups excluding carboxylic acids is 1. The Morgan fingerprint density at radius 3 is 2.82 bits per heavy atom. The van der Waals surface area contributed by atoms with Gasteiger partial charge in [-0.05, 0) is 24.3 Å². The number of nitrogens with zero attached hydrogens (tertiary/aromatic N) is 1. The molecule has 4 N–H and O–H groups in total. The number of oxime groups is 1. The molecule has 2 heterocycles. The average molecular weight is 326 g/mol. The lowest BCUT2D eigenvalue weighted by Crippen LogP contribution is -2.54. The Bertz CT molecular complexity index is 564. The lowest BCUT2D eigenvalue weighted by molar-refractivity contribution is -0.139. The molecule has 1 aromatic heterocycles. The van der Waals surface area contributed by atoms with Gasteiger partial charge in [0, 0.05) is 0 Å². The topological polar surface area (TPSA) is 128 Å². The zero-order chi connectivity index (χ0) is 16.1. The van der Waals surface area contributed by atoms with E-state index in [1.54, 1.807) is 17.5 Å². The highest BCUT2D eigenvalue weighted by Gasteiger charge is 2.37. The van der Waals surface area contributed by atoms with Gasteiger partial charge >= 0.3 is 13.1 Å². The molecule has 1 saturated heterocycles. The predicted octanol–water partition coefficient (Wildman–Crippen LogP) is 0.0846. The van der Waals surface area contributed by atoms with Gasteiger partial charge in [-0.2, -0.15) is 0 Å². The van der Waals surface area contributed by atoms with E-state index >= 15 is 0 Å². The van der Waals surface area contributed by atoms with Crippen LogP contribution in [0.3, 0.4) is 0 Å². The fourth-order valence-electron chi connectivity index (χ4n) is 2.21. The van der Waals surface area contributed by atoms with Crippen molar-refractivity contribution in [3.05, 3.63) is 22.4 Å². The maximum absolute atomic E-state index is 12.1. The molecule has 0 saturated carbocycles. The van der Waals surface area contributed by atoms with Crippen molar-refractivity contribution in [3.63, 3.8) is 0 Å². The van der Waals surface area contributed by atoms with Gasteiger partial charge in [-0.3, -0.25) is 9.59 Å². The maximum Gasteiger partial charge on any atom is 0.478 e. The minimum atomic E-state index is -1.30. The molecule has 10 heteroatoms. The van der Waals surface area contributed by atoms with Crippen LogP contribution in [0.5, 0.6) is 0 Å². The minimum absolute atomic E-state index is 0.144. The molecule has 1 amide bonds. The third-order valence-electron chi connectivity index (χ3n) is 3.26. The van der Waals surface area contributed by atoms with Gasteiger partial charge in [0.1, 0.15) is 0 Å². The van der Waals surface area contributed by atoms with Crippen molar-refractivity contribution in [3.8, 4) is 0 Å². The minimum Gasteiger partial charge on any atom is -0.481 e. The van der Waals surface area contributed by atoms with Crippen molar-refractivity contribution in [2.75, 3.05) is 0 Å². The SMILES string of the molecule is O=C(O)CC1CCC(NC(=O)/C(=N/O)c2cccs2)B(O)O1. The summed E-state index contributed by atoms with van der Waals surface area (Å²) in [7, 11) is -1.30. The Morgan fingerprint density at radius 2 is 2.27 bits per heavy atom. The van der Waals surface area contributed by atoms with Gasteiger partial charge in [0.15, 0.2) is 5.71 Å². The van der Waals surface area contributed by atoms with E-state index in [1.807, 2.05) is 0 Å². The van der Waals surface area contributed by atoms with Crippen molar-refractivity contribution in [1.29, 1.82) is 0 Å². The number of carboxylic acids is 1. The highest BCUT2D eigenvalue weighted by Crippen LogP contribution is 2.19. The first-order valence-electron chi connectivity index (χ1n) is 6.63. The number of aliphatic carboxylic acids is 1. The summed E-state index contributed by atoms with van der Waals surface area (Å²) in [4.78, 5) is 23.2. The number of nitrogens with one attached hydrogen (secondary N) is 1. The molecule has 1 aliphatic heterocycles. The first kappa shape index (κ1) is 16.5. The number of carboxylic acid groups (broad SMARTS) is 1. The Balaban J connectivity index is 1.94. The van der Waals surface area contributed by atoms with Crippen LogP contribution in [0.15, 0.2) is 22.7 Å². The van der Waals surface area contributed by atoms with Crippen LogP contribution < -0.4 is 5.32 Å². The molecule has 1 aliphatic rings. The first-order chi connectivity index (χ1) is 10.5. The lowest BCUT2D eigenvalue weighted by atomic mass is 9.72. The summed E-state index contributed by atoms with van der Waals surface area (Å²) in [5.41, 5.74) is -0.144. The van der Waals surface area contributed by atoms with Gasteiger partial charge in [0.2, 0.25) is 0 Å². The number of amides is 1. The van der Waals surface area contributed by atoms with E-state index in [0.29, 0.717) is 17.7 Å². The molecule has 0 aromatic carbocycles. The summed E-state index contributed by atoms with van der Waals surface area (Å²) < 4.78 is 5.17. The van der Waals surface area contributed by atoms with Crippen molar-refractivity contribution in [2.24, 2.45) is 5.16 Å². The average Bonchev–Trinajstić information content (AvgIpc) is 2.96. The second kappa shape index (κ2) is 7.39. The van der Waals surface area contributed by atoms with Crippen LogP contribution in [-0.2, 0) is 14.2 Å². The molecular formula is C12H15BN2O6S.